The van der Waals surface area contributed by atoms with E-state index >= 15 is 0 Å². The molecule has 0 N–H and O–H groups in total. The molecule has 2 rings (SSSR count). The molecular weight excluding hydrogens is 266 g/mol. The number of likely N-dealkylation sites (tertiary alicyclic amines) is 1. The lowest BCUT2D eigenvalue weighted by atomic mass is 10.1. The second-order valence-electron chi connectivity index (χ2n) is 5.36. The van der Waals surface area contributed by atoms with Crippen LogP contribution >= 0.6 is 0 Å². The molecule has 0 aliphatic carbocycles. The maximum Gasteiger partial charge on any atom is 0.260 e. The number of ketones is 1. The van der Waals surface area contributed by atoms with E-state index in [0.29, 0.717) is 17.7 Å². The molecule has 1 aromatic rings. The highest BCUT2D eigenvalue weighted by molar-refractivity contribution is 5.98. The molecule has 0 atom stereocenters. The lowest BCUT2D eigenvalue weighted by Crippen LogP contribution is -2.35. The predicted molar refractivity (Wildman–Crippen MR) is 81.6 cm³/mol. The van der Waals surface area contributed by atoms with E-state index in [2.05, 4.69) is 0 Å². The fraction of sp³-hybridized carbons (Fsp3) is 0.529. The third kappa shape index (κ3) is 4.31. The third-order valence-electron chi connectivity index (χ3n) is 3.82. The second kappa shape index (κ2) is 7.81. The second-order valence-corrected chi connectivity index (χ2v) is 5.36. The highest BCUT2D eigenvalue weighted by Gasteiger charge is 2.17. The number of nitrogens with zero attached hydrogens (tertiary/aromatic N) is 1. The molecule has 1 aliphatic heterocycles. The average molecular weight is 289 g/mol. The fourth-order valence-electron chi connectivity index (χ4n) is 2.56. The van der Waals surface area contributed by atoms with Gasteiger partial charge in [-0.3, -0.25) is 9.59 Å². The molecule has 1 aromatic carbocycles. The van der Waals surface area contributed by atoms with Gasteiger partial charge in [-0.1, -0.05) is 31.9 Å². The van der Waals surface area contributed by atoms with Crippen LogP contribution < -0.4 is 4.74 Å². The van der Waals surface area contributed by atoms with Gasteiger partial charge in [-0.05, 0) is 25.0 Å². The first-order valence-corrected chi connectivity index (χ1v) is 7.75. The van der Waals surface area contributed by atoms with Crippen molar-refractivity contribution in [3.8, 4) is 5.75 Å². The Labute approximate surface area is 126 Å². The lowest BCUT2D eigenvalue weighted by Gasteiger charge is -2.20. The SMILES string of the molecule is CCC(=O)c1ccccc1OCC(=O)N1CCCCCC1. The zero-order valence-corrected chi connectivity index (χ0v) is 12.6. The first-order chi connectivity index (χ1) is 10.2. The van der Waals surface area contributed by atoms with Gasteiger partial charge in [-0.15, -0.1) is 0 Å². The Kier molecular flexibility index (Phi) is 5.78. The van der Waals surface area contributed by atoms with E-state index in [9.17, 15) is 9.59 Å². The molecule has 0 bridgehead atoms. The van der Waals surface area contributed by atoms with Gasteiger partial charge < -0.3 is 9.64 Å². The summed E-state index contributed by atoms with van der Waals surface area (Å²) in [4.78, 5) is 25.9. The average Bonchev–Trinajstić information content (AvgIpc) is 2.81. The van der Waals surface area contributed by atoms with Crippen LogP contribution in [0.1, 0.15) is 49.4 Å². The first-order valence-electron chi connectivity index (χ1n) is 7.75. The van der Waals surface area contributed by atoms with Crippen molar-refractivity contribution < 1.29 is 14.3 Å². The number of hydrogen-bond donors (Lipinski definition) is 0. The highest BCUT2D eigenvalue weighted by atomic mass is 16.5. The zero-order valence-electron chi connectivity index (χ0n) is 12.6. The summed E-state index contributed by atoms with van der Waals surface area (Å²) in [6.45, 7) is 3.46. The standard InChI is InChI=1S/C17H23NO3/c1-2-15(19)14-9-5-6-10-16(14)21-13-17(20)18-11-7-3-4-8-12-18/h5-6,9-10H,2-4,7-8,11-13H2,1H3. The molecule has 1 aliphatic rings. The number of rotatable bonds is 5. The van der Waals surface area contributed by atoms with Crippen molar-refractivity contribution in [2.24, 2.45) is 0 Å². The van der Waals surface area contributed by atoms with Gasteiger partial charge in [0, 0.05) is 19.5 Å². The number of Topliss-reactive ketones (excluding diaryl/α,β-unsaturated/α-hetero) is 1. The maximum atomic E-state index is 12.2. The van der Waals surface area contributed by atoms with Gasteiger partial charge >= 0.3 is 0 Å². The van der Waals surface area contributed by atoms with Crippen molar-refractivity contribution in [3.05, 3.63) is 29.8 Å². The van der Waals surface area contributed by atoms with E-state index in [1.165, 1.54) is 12.8 Å². The minimum atomic E-state index is 0.00794. The molecule has 0 unspecified atom stereocenters. The molecule has 0 radical (unpaired) electrons. The highest BCUT2D eigenvalue weighted by Crippen LogP contribution is 2.20. The van der Waals surface area contributed by atoms with Crippen LogP contribution in [0.4, 0.5) is 0 Å². The van der Waals surface area contributed by atoms with Crippen molar-refractivity contribution in [3.63, 3.8) is 0 Å². The van der Waals surface area contributed by atoms with E-state index in [-0.39, 0.29) is 18.3 Å². The van der Waals surface area contributed by atoms with Crippen LogP contribution in [0.25, 0.3) is 0 Å². The van der Waals surface area contributed by atoms with E-state index in [0.717, 1.165) is 25.9 Å². The van der Waals surface area contributed by atoms with E-state index < -0.39 is 0 Å². The largest absolute Gasteiger partial charge is 0.483 e. The van der Waals surface area contributed by atoms with Crippen molar-refractivity contribution in [1.82, 2.24) is 4.90 Å². The summed E-state index contributed by atoms with van der Waals surface area (Å²) in [6.07, 6.45) is 4.95. The summed E-state index contributed by atoms with van der Waals surface area (Å²) in [5.41, 5.74) is 0.559. The molecule has 1 fully saturated rings. The molecule has 1 saturated heterocycles. The van der Waals surface area contributed by atoms with Crippen molar-refractivity contribution in [2.75, 3.05) is 19.7 Å². The Hall–Kier alpha value is -1.84. The molecule has 0 aromatic heterocycles. The van der Waals surface area contributed by atoms with Crippen LogP contribution in [0.5, 0.6) is 5.75 Å². The molecule has 114 valence electrons. The van der Waals surface area contributed by atoms with Crippen molar-refractivity contribution in [2.45, 2.75) is 39.0 Å². The number of benzene rings is 1. The topological polar surface area (TPSA) is 46.6 Å². The summed E-state index contributed by atoms with van der Waals surface area (Å²) in [7, 11) is 0. The number of carbonyl (C=O) groups excluding carboxylic acids is 2. The van der Waals surface area contributed by atoms with Crippen LogP contribution in [0.3, 0.4) is 0 Å². The Morgan fingerprint density at radius 1 is 1.10 bits per heavy atom. The minimum absolute atomic E-state index is 0.00794. The van der Waals surface area contributed by atoms with Gasteiger partial charge in [0.05, 0.1) is 5.56 Å². The van der Waals surface area contributed by atoms with E-state index in [1.54, 1.807) is 12.1 Å². The summed E-state index contributed by atoms with van der Waals surface area (Å²) in [6, 6.07) is 7.13. The molecule has 1 heterocycles. The number of amides is 1. The monoisotopic (exact) mass is 289 g/mol. The molecular formula is C17H23NO3. The molecule has 1 amide bonds. The summed E-state index contributed by atoms with van der Waals surface area (Å²) in [5.74, 6) is 0.552. The quantitative estimate of drug-likeness (QED) is 0.783. The smallest absolute Gasteiger partial charge is 0.260 e. The van der Waals surface area contributed by atoms with Gasteiger partial charge in [0.2, 0.25) is 0 Å². The number of para-hydroxylation sites is 1. The summed E-state index contributed by atoms with van der Waals surface area (Å²) in [5, 5.41) is 0. The molecule has 4 heteroatoms. The van der Waals surface area contributed by atoms with E-state index in [1.807, 2.05) is 24.0 Å². The lowest BCUT2D eigenvalue weighted by molar-refractivity contribution is -0.133. The van der Waals surface area contributed by atoms with Gasteiger partial charge in [0.1, 0.15) is 5.75 Å². The van der Waals surface area contributed by atoms with Crippen LogP contribution in [0, 0.1) is 0 Å². The zero-order chi connectivity index (χ0) is 15.1. The Morgan fingerprint density at radius 2 is 1.76 bits per heavy atom. The number of carbonyl (C=O) groups is 2. The predicted octanol–water partition coefficient (Wildman–Crippen LogP) is 3.06. The van der Waals surface area contributed by atoms with Crippen LogP contribution in [0.15, 0.2) is 24.3 Å². The number of hydrogen-bond acceptors (Lipinski definition) is 3. The molecule has 21 heavy (non-hydrogen) atoms. The van der Waals surface area contributed by atoms with Crippen LogP contribution in [0.2, 0.25) is 0 Å². The van der Waals surface area contributed by atoms with Gasteiger partial charge in [0.25, 0.3) is 5.91 Å². The van der Waals surface area contributed by atoms with Crippen LogP contribution in [-0.4, -0.2) is 36.3 Å². The van der Waals surface area contributed by atoms with Crippen molar-refractivity contribution in [1.29, 1.82) is 0 Å². The summed E-state index contributed by atoms with van der Waals surface area (Å²) < 4.78 is 5.60. The first kappa shape index (κ1) is 15.5. The normalized spacial score (nSPS) is 15.4. The summed E-state index contributed by atoms with van der Waals surface area (Å²) >= 11 is 0. The Morgan fingerprint density at radius 3 is 2.43 bits per heavy atom. The minimum Gasteiger partial charge on any atom is -0.483 e. The van der Waals surface area contributed by atoms with E-state index in [4.69, 9.17) is 4.74 Å². The van der Waals surface area contributed by atoms with Gasteiger partial charge in [-0.25, -0.2) is 0 Å². The number of ether oxygens (including phenoxy) is 1. The molecule has 0 spiro atoms. The molecule has 4 nitrogen and oxygen atoms in total. The van der Waals surface area contributed by atoms with Gasteiger partial charge in [-0.2, -0.15) is 0 Å². The Balaban J connectivity index is 1.96. The maximum absolute atomic E-state index is 12.2. The van der Waals surface area contributed by atoms with Gasteiger partial charge in [0.15, 0.2) is 12.4 Å². The molecule has 0 saturated carbocycles. The van der Waals surface area contributed by atoms with Crippen LogP contribution in [-0.2, 0) is 4.79 Å². The van der Waals surface area contributed by atoms with Crippen molar-refractivity contribution >= 4 is 11.7 Å². The Bertz CT molecular complexity index is 491. The fourth-order valence-corrected chi connectivity index (χ4v) is 2.56. The third-order valence-corrected chi connectivity index (χ3v) is 3.82.